The molecule has 0 spiro atoms. The van der Waals surface area contributed by atoms with Crippen LogP contribution in [-0.2, 0) is 17.8 Å². The summed E-state index contributed by atoms with van der Waals surface area (Å²) in [5, 5.41) is 10.3. The number of carbonyl (C=O) groups excluding carboxylic acids is 3. The van der Waals surface area contributed by atoms with Crippen LogP contribution in [0.1, 0.15) is 70.6 Å². The molecule has 0 saturated heterocycles. The Morgan fingerprint density at radius 2 is 1.76 bits per heavy atom. The van der Waals surface area contributed by atoms with Crippen LogP contribution in [0.5, 0.6) is 5.75 Å². The Labute approximate surface area is 214 Å². The zero-order valence-corrected chi connectivity index (χ0v) is 20.5. The van der Waals surface area contributed by atoms with Crippen LogP contribution in [0.15, 0.2) is 36.5 Å². The van der Waals surface area contributed by atoms with Gasteiger partial charge < -0.3 is 15.4 Å². The lowest BCUT2D eigenvalue weighted by molar-refractivity contribution is -0.131. The molecule has 4 bridgehead atoms. The van der Waals surface area contributed by atoms with E-state index in [1.165, 1.54) is 49.1 Å². The van der Waals surface area contributed by atoms with Crippen molar-refractivity contribution in [2.75, 3.05) is 6.54 Å². The normalized spacial score (nSPS) is 27.2. The fourth-order valence-electron chi connectivity index (χ4n) is 7.62. The molecule has 1 aliphatic heterocycles. The van der Waals surface area contributed by atoms with Gasteiger partial charge in [0.25, 0.3) is 11.8 Å². The summed E-state index contributed by atoms with van der Waals surface area (Å²) in [4.78, 5) is 42.3. The lowest BCUT2D eigenvalue weighted by atomic mass is 9.49. The van der Waals surface area contributed by atoms with Gasteiger partial charge in [0.05, 0.1) is 12.6 Å². The molecule has 37 heavy (non-hydrogen) atoms. The largest absolute Gasteiger partial charge is 0.426 e. The first-order valence-electron chi connectivity index (χ1n) is 13.2. The first-order chi connectivity index (χ1) is 17.9. The molecule has 3 heterocycles. The summed E-state index contributed by atoms with van der Waals surface area (Å²) in [7, 11) is 0. The van der Waals surface area contributed by atoms with Gasteiger partial charge in [-0.25, -0.2) is 9.50 Å². The summed E-state index contributed by atoms with van der Waals surface area (Å²) in [6, 6.07) is 8.61. The molecule has 2 aromatic heterocycles. The lowest BCUT2D eigenvalue weighted by Crippen LogP contribution is -2.51. The molecule has 0 atom stereocenters. The Morgan fingerprint density at radius 3 is 2.51 bits per heavy atom. The highest BCUT2D eigenvalue weighted by Gasteiger charge is 2.50. The molecule has 0 radical (unpaired) electrons. The van der Waals surface area contributed by atoms with Crippen LogP contribution in [0.3, 0.4) is 0 Å². The summed E-state index contributed by atoms with van der Waals surface area (Å²) < 4.78 is 6.62. The van der Waals surface area contributed by atoms with E-state index >= 15 is 0 Å². The second kappa shape index (κ2) is 8.39. The third-order valence-corrected chi connectivity index (χ3v) is 8.75. The fraction of sp³-hybridized carbons (Fsp3) is 0.464. The lowest BCUT2D eigenvalue weighted by Gasteiger charge is -2.56. The van der Waals surface area contributed by atoms with Crippen molar-refractivity contribution in [2.45, 2.75) is 51.5 Å². The number of amides is 2. The smallest absolute Gasteiger partial charge is 0.315 e. The van der Waals surface area contributed by atoms with Gasteiger partial charge >= 0.3 is 5.97 Å². The van der Waals surface area contributed by atoms with Gasteiger partial charge in [-0.2, -0.15) is 5.10 Å². The molecule has 8 rings (SSSR count). The van der Waals surface area contributed by atoms with Crippen LogP contribution < -0.4 is 15.4 Å². The van der Waals surface area contributed by atoms with Crippen molar-refractivity contribution in [3.8, 4) is 5.75 Å². The Bertz CT molecular complexity index is 1410. The van der Waals surface area contributed by atoms with Crippen LogP contribution in [0.2, 0.25) is 0 Å². The Morgan fingerprint density at radius 1 is 1.00 bits per heavy atom. The van der Waals surface area contributed by atoms with Crippen LogP contribution in [0, 0.1) is 23.2 Å². The molecule has 1 aromatic carbocycles. The molecule has 0 unspecified atom stereocenters. The second-order valence-electron chi connectivity index (χ2n) is 11.5. The highest BCUT2D eigenvalue weighted by atomic mass is 16.5. The summed E-state index contributed by atoms with van der Waals surface area (Å²) in [6.07, 6.45) is 9.53. The number of hydrogen-bond donors (Lipinski definition) is 2. The van der Waals surface area contributed by atoms with Crippen LogP contribution in [0.4, 0.5) is 0 Å². The second-order valence-corrected chi connectivity index (χ2v) is 11.5. The first-order valence-corrected chi connectivity index (χ1v) is 13.2. The van der Waals surface area contributed by atoms with Crippen molar-refractivity contribution >= 4 is 23.4 Å². The zero-order valence-electron chi connectivity index (χ0n) is 20.5. The van der Waals surface area contributed by atoms with Gasteiger partial charge in [0.15, 0.2) is 5.65 Å². The van der Waals surface area contributed by atoms with E-state index in [1.54, 1.807) is 18.3 Å². The number of benzene rings is 1. The van der Waals surface area contributed by atoms with Crippen LogP contribution in [0.25, 0.3) is 5.65 Å². The van der Waals surface area contributed by atoms with Gasteiger partial charge in [-0.1, -0.05) is 6.07 Å². The van der Waals surface area contributed by atoms with Crippen LogP contribution >= 0.6 is 0 Å². The van der Waals surface area contributed by atoms with E-state index in [1.807, 2.05) is 12.1 Å². The minimum absolute atomic E-state index is 0.160. The molecule has 2 N–H and O–H groups in total. The number of ether oxygens (including phenoxy) is 1. The van der Waals surface area contributed by atoms with E-state index in [2.05, 4.69) is 20.7 Å². The number of fused-ring (bicyclic) bond motifs is 2. The molecule has 2 amide bonds. The van der Waals surface area contributed by atoms with Crippen molar-refractivity contribution < 1.29 is 19.1 Å². The predicted molar refractivity (Wildman–Crippen MR) is 133 cm³/mol. The van der Waals surface area contributed by atoms with Gasteiger partial charge in [-0.15, -0.1) is 0 Å². The number of carbonyl (C=O) groups is 3. The number of hydrogen-bond acceptors (Lipinski definition) is 6. The number of aromatic nitrogens is 3. The average Bonchev–Trinajstić information content (AvgIpc) is 3.49. The summed E-state index contributed by atoms with van der Waals surface area (Å²) in [6.45, 7) is 0.937. The van der Waals surface area contributed by atoms with Crippen LogP contribution in [-0.4, -0.2) is 38.9 Å². The van der Waals surface area contributed by atoms with E-state index < -0.39 is 0 Å². The number of nitrogens with zero attached hydrogens (tertiary/aromatic N) is 3. The van der Waals surface area contributed by atoms with Crippen molar-refractivity contribution in [3.05, 3.63) is 59.0 Å². The molecule has 9 heteroatoms. The molecular formula is C28H29N5O4. The fourth-order valence-corrected chi connectivity index (χ4v) is 7.62. The molecule has 190 valence electrons. The third kappa shape index (κ3) is 4.06. The summed E-state index contributed by atoms with van der Waals surface area (Å²) in [5.41, 5.74) is 2.79. The Balaban J connectivity index is 1.06. The monoisotopic (exact) mass is 499 g/mol. The molecule has 9 nitrogen and oxygen atoms in total. The summed E-state index contributed by atoms with van der Waals surface area (Å²) in [5.74, 6) is 2.12. The zero-order chi connectivity index (χ0) is 25.1. The van der Waals surface area contributed by atoms with Gasteiger partial charge in [0.1, 0.15) is 17.1 Å². The minimum atomic E-state index is -0.383. The van der Waals surface area contributed by atoms with Crippen molar-refractivity contribution in [1.82, 2.24) is 25.2 Å². The maximum Gasteiger partial charge on any atom is 0.315 e. The van der Waals surface area contributed by atoms with Crippen molar-refractivity contribution in [2.24, 2.45) is 23.2 Å². The summed E-state index contributed by atoms with van der Waals surface area (Å²) >= 11 is 0. The molecule has 3 aromatic rings. The van der Waals surface area contributed by atoms with Gasteiger partial charge in [-0.3, -0.25) is 14.4 Å². The van der Waals surface area contributed by atoms with Gasteiger partial charge in [0, 0.05) is 30.8 Å². The quantitative estimate of drug-likeness (QED) is 0.398. The number of rotatable bonds is 6. The Kier molecular flexibility index (Phi) is 5.09. The topological polar surface area (TPSA) is 115 Å². The maximum atomic E-state index is 13.4. The highest BCUT2D eigenvalue weighted by Crippen LogP contribution is 2.59. The van der Waals surface area contributed by atoms with E-state index in [9.17, 15) is 14.4 Å². The molecule has 4 saturated carbocycles. The molecular weight excluding hydrogens is 470 g/mol. The first kappa shape index (κ1) is 22.4. The molecule has 4 fully saturated rings. The SMILES string of the molecule is O=C1Cc2cc(CNC(=O)c3cc(C(=O)NCC45CC6CC(CC(C6)C4)C5)n4nccc4n3)ccc2O1. The van der Waals surface area contributed by atoms with Gasteiger partial charge in [0.2, 0.25) is 0 Å². The Hall–Kier alpha value is -3.75. The van der Waals surface area contributed by atoms with E-state index in [0.29, 0.717) is 23.6 Å². The standard InChI is InChI=1S/C28H29N5O4/c34-25-9-20-8-16(1-2-23(20)37-25)14-29-26(35)21-10-22(33-24(32-21)3-4-31-33)27(36)30-15-28-11-17-5-18(12-28)7-19(6-17)13-28/h1-4,8,10,17-19H,5-7,9,11-15H2,(H,29,35)(H,30,36). The minimum Gasteiger partial charge on any atom is -0.426 e. The van der Waals surface area contributed by atoms with E-state index in [-0.39, 0.29) is 41.9 Å². The average molecular weight is 500 g/mol. The van der Waals surface area contributed by atoms with E-state index in [4.69, 9.17) is 4.74 Å². The van der Waals surface area contributed by atoms with E-state index in [0.717, 1.165) is 28.9 Å². The maximum absolute atomic E-state index is 13.4. The van der Waals surface area contributed by atoms with Gasteiger partial charge in [-0.05, 0) is 79.4 Å². The number of nitrogens with one attached hydrogen (secondary N) is 2. The number of esters is 1. The van der Waals surface area contributed by atoms with Crippen molar-refractivity contribution in [3.63, 3.8) is 0 Å². The predicted octanol–water partition coefficient (Wildman–Crippen LogP) is 3.07. The molecule has 5 aliphatic rings. The highest BCUT2D eigenvalue weighted by molar-refractivity contribution is 5.98. The van der Waals surface area contributed by atoms with Crippen molar-refractivity contribution in [1.29, 1.82) is 0 Å². The molecule has 4 aliphatic carbocycles. The third-order valence-electron chi connectivity index (χ3n) is 8.75.